The van der Waals surface area contributed by atoms with Crippen LogP contribution in [0.5, 0.6) is 0 Å². The summed E-state index contributed by atoms with van der Waals surface area (Å²) in [5.41, 5.74) is 9.84. The molecule has 0 amide bonds. The predicted molar refractivity (Wildman–Crippen MR) is 108 cm³/mol. The number of rotatable bonds is 4. The number of nitrogens with two attached hydrogens (primary N) is 1. The third-order valence-electron chi connectivity index (χ3n) is 4.17. The van der Waals surface area contributed by atoms with Crippen LogP contribution in [0, 0.1) is 0 Å². The molecule has 0 atom stereocenters. The fraction of sp³-hybridized carbons (Fsp3) is 0.0455. The normalized spacial score (nSPS) is 10.2. The van der Waals surface area contributed by atoms with Crippen molar-refractivity contribution in [3.05, 3.63) is 96.4 Å². The summed E-state index contributed by atoms with van der Waals surface area (Å²) in [7, 11) is 0. The van der Waals surface area contributed by atoms with Gasteiger partial charge >= 0.3 is 0 Å². The topological polar surface area (TPSA) is 73.8 Å². The van der Waals surface area contributed by atoms with Crippen LogP contribution < -0.4 is 5.73 Å². The van der Waals surface area contributed by atoms with E-state index < -0.39 is 0 Å². The number of carbonyl (C=O) groups excluding carboxylic acids is 1. The molecule has 134 valence electrons. The summed E-state index contributed by atoms with van der Waals surface area (Å²) in [5.74, 6) is 0.170. The molecule has 0 saturated carbocycles. The number of para-hydroxylation sites is 1. The van der Waals surface area contributed by atoms with E-state index in [4.69, 9.17) is 5.73 Å². The van der Waals surface area contributed by atoms with Crippen molar-refractivity contribution in [1.82, 2.24) is 14.8 Å². The molecule has 0 spiro atoms. The molecule has 4 rings (SSSR count). The summed E-state index contributed by atoms with van der Waals surface area (Å²) < 4.78 is 1.57. The monoisotopic (exact) mass is 356 g/mol. The number of carbonyl (C=O) groups is 1. The molecule has 2 N–H and O–H groups in total. The first-order chi connectivity index (χ1) is 12.7. The minimum absolute atomic E-state index is 0. The van der Waals surface area contributed by atoms with Gasteiger partial charge in [-0.15, -0.1) is 0 Å². The highest BCUT2D eigenvalue weighted by Crippen LogP contribution is 2.23. The van der Waals surface area contributed by atoms with Gasteiger partial charge in [-0.2, -0.15) is 5.10 Å². The Hall–Kier alpha value is -3.73. The molecule has 5 nitrogen and oxygen atoms in total. The molecule has 4 aromatic rings. The third kappa shape index (κ3) is 3.48. The van der Waals surface area contributed by atoms with Crippen LogP contribution in [0.25, 0.3) is 16.8 Å². The number of nitrogen functional groups attached to an aromatic ring is 1. The van der Waals surface area contributed by atoms with Crippen LogP contribution in [0.15, 0.2) is 85.3 Å². The average molecular weight is 356 g/mol. The van der Waals surface area contributed by atoms with Crippen molar-refractivity contribution in [3.63, 3.8) is 0 Å². The molecule has 0 radical (unpaired) electrons. The van der Waals surface area contributed by atoms with Gasteiger partial charge in [-0.3, -0.25) is 9.78 Å². The summed E-state index contributed by atoms with van der Waals surface area (Å²) >= 11 is 0. The van der Waals surface area contributed by atoms with E-state index in [1.807, 2.05) is 60.7 Å². The molecular weight excluding hydrogens is 336 g/mol. The van der Waals surface area contributed by atoms with E-state index in [1.165, 1.54) is 6.20 Å². The molecule has 2 heterocycles. The van der Waals surface area contributed by atoms with Crippen molar-refractivity contribution in [2.75, 3.05) is 5.73 Å². The van der Waals surface area contributed by atoms with E-state index in [1.54, 1.807) is 23.1 Å². The van der Waals surface area contributed by atoms with Gasteiger partial charge in [-0.25, -0.2) is 4.68 Å². The van der Waals surface area contributed by atoms with Crippen LogP contribution in [-0.2, 0) is 0 Å². The zero-order valence-electron chi connectivity index (χ0n) is 13.9. The van der Waals surface area contributed by atoms with Crippen LogP contribution in [0.2, 0.25) is 0 Å². The lowest BCUT2D eigenvalue weighted by Crippen LogP contribution is -2.07. The van der Waals surface area contributed by atoms with E-state index in [-0.39, 0.29) is 13.2 Å². The number of pyridine rings is 1. The Morgan fingerprint density at radius 2 is 1.67 bits per heavy atom. The van der Waals surface area contributed by atoms with Crippen molar-refractivity contribution < 1.29 is 4.79 Å². The van der Waals surface area contributed by atoms with Gasteiger partial charge in [-0.1, -0.05) is 49.9 Å². The lowest BCUT2D eigenvalue weighted by Gasteiger charge is -2.06. The molecule has 0 aliphatic carbocycles. The Bertz CT molecular complexity index is 1060. The maximum Gasteiger partial charge on any atom is 0.198 e. The zero-order valence-corrected chi connectivity index (χ0v) is 13.9. The Kier molecular flexibility index (Phi) is 5.13. The summed E-state index contributed by atoms with van der Waals surface area (Å²) in [5, 5.41) is 4.27. The first-order valence-electron chi connectivity index (χ1n) is 8.18. The molecule has 0 aliphatic rings. The van der Waals surface area contributed by atoms with E-state index >= 15 is 0 Å². The van der Waals surface area contributed by atoms with E-state index in [0.717, 1.165) is 16.8 Å². The second-order valence-electron chi connectivity index (χ2n) is 5.84. The fourth-order valence-corrected chi connectivity index (χ4v) is 2.84. The van der Waals surface area contributed by atoms with Crippen LogP contribution in [0.3, 0.4) is 0 Å². The Morgan fingerprint density at radius 1 is 0.889 bits per heavy atom. The highest BCUT2D eigenvalue weighted by molar-refractivity contribution is 6.12. The number of hydrogen-bond donors (Lipinski definition) is 1. The van der Waals surface area contributed by atoms with E-state index in [2.05, 4.69) is 10.1 Å². The van der Waals surface area contributed by atoms with Gasteiger partial charge in [0.05, 0.1) is 17.4 Å². The van der Waals surface area contributed by atoms with Gasteiger partial charge in [0.2, 0.25) is 0 Å². The van der Waals surface area contributed by atoms with Gasteiger partial charge in [0.1, 0.15) is 5.82 Å². The summed E-state index contributed by atoms with van der Waals surface area (Å²) in [6, 6.07) is 20.7. The van der Waals surface area contributed by atoms with Crippen molar-refractivity contribution in [2.24, 2.45) is 0 Å². The standard InChI is InChI=1S/C21H16N4O.CH4/c22-21-19(14-24-25(21)18-9-2-1-3-10-18)20(26)16-7-4-6-15(12-16)17-8-5-11-23-13-17;/h1-14H,22H2;1H4. The number of hydrogen-bond acceptors (Lipinski definition) is 4. The summed E-state index contributed by atoms with van der Waals surface area (Å²) in [6.45, 7) is 0. The molecule has 2 aromatic carbocycles. The van der Waals surface area contributed by atoms with Crippen LogP contribution in [0.1, 0.15) is 23.3 Å². The van der Waals surface area contributed by atoms with Gasteiger partial charge in [-0.05, 0) is 29.8 Å². The van der Waals surface area contributed by atoms with Gasteiger partial charge in [0.25, 0.3) is 0 Å². The first kappa shape index (κ1) is 18.1. The Labute approximate surface area is 158 Å². The highest BCUT2D eigenvalue weighted by Gasteiger charge is 2.18. The van der Waals surface area contributed by atoms with E-state index in [9.17, 15) is 4.79 Å². The first-order valence-corrected chi connectivity index (χ1v) is 8.18. The highest BCUT2D eigenvalue weighted by atomic mass is 16.1. The predicted octanol–water partition coefficient (Wildman–Crippen LogP) is 4.38. The Morgan fingerprint density at radius 3 is 2.41 bits per heavy atom. The number of aromatic nitrogens is 3. The minimum atomic E-state index is -0.157. The fourth-order valence-electron chi connectivity index (χ4n) is 2.84. The molecular formula is C22H20N4O. The van der Waals surface area contributed by atoms with Crippen molar-refractivity contribution in [1.29, 1.82) is 0 Å². The SMILES string of the molecule is C.Nc1c(C(=O)c2cccc(-c3cccnc3)c2)cnn1-c1ccccc1. The molecule has 2 aromatic heterocycles. The maximum atomic E-state index is 12.9. The third-order valence-corrected chi connectivity index (χ3v) is 4.17. The second-order valence-corrected chi connectivity index (χ2v) is 5.84. The number of anilines is 1. The van der Waals surface area contributed by atoms with Gasteiger partial charge in [0, 0.05) is 23.5 Å². The zero-order chi connectivity index (χ0) is 17.9. The number of nitrogens with zero attached hydrogens (tertiary/aromatic N) is 3. The minimum Gasteiger partial charge on any atom is -0.383 e. The molecule has 0 unspecified atom stereocenters. The average Bonchev–Trinajstić information content (AvgIpc) is 3.10. The quantitative estimate of drug-likeness (QED) is 0.551. The number of ketones is 1. The van der Waals surface area contributed by atoms with Crippen molar-refractivity contribution in [2.45, 2.75) is 7.43 Å². The molecule has 5 heteroatoms. The van der Waals surface area contributed by atoms with Crippen LogP contribution in [0.4, 0.5) is 5.82 Å². The molecule has 0 aliphatic heterocycles. The Balaban J connectivity index is 0.00000210. The lowest BCUT2D eigenvalue weighted by molar-refractivity contribution is 0.103. The van der Waals surface area contributed by atoms with Crippen molar-refractivity contribution in [3.8, 4) is 16.8 Å². The molecule has 0 bridgehead atoms. The largest absolute Gasteiger partial charge is 0.383 e. The summed E-state index contributed by atoms with van der Waals surface area (Å²) in [6.07, 6.45) is 5.00. The van der Waals surface area contributed by atoms with E-state index in [0.29, 0.717) is 16.9 Å². The second kappa shape index (κ2) is 7.66. The smallest absolute Gasteiger partial charge is 0.198 e. The molecule has 27 heavy (non-hydrogen) atoms. The lowest BCUT2D eigenvalue weighted by atomic mass is 10.00. The van der Waals surface area contributed by atoms with Gasteiger partial charge < -0.3 is 5.73 Å². The number of benzene rings is 2. The van der Waals surface area contributed by atoms with Crippen LogP contribution in [-0.4, -0.2) is 20.5 Å². The molecule has 0 fully saturated rings. The van der Waals surface area contributed by atoms with Crippen LogP contribution >= 0.6 is 0 Å². The molecule has 0 saturated heterocycles. The van der Waals surface area contributed by atoms with Crippen molar-refractivity contribution >= 4 is 11.6 Å². The van der Waals surface area contributed by atoms with Gasteiger partial charge in [0.15, 0.2) is 5.78 Å². The maximum absolute atomic E-state index is 12.9. The summed E-state index contributed by atoms with van der Waals surface area (Å²) in [4.78, 5) is 17.1.